The van der Waals surface area contributed by atoms with Crippen molar-refractivity contribution in [3.8, 4) is 0 Å². The SMILES string of the molecule is CCCCC[C@H](O)/C=C/[C@H]1C(=O)C[C@H](O)[C@@H]1CCCCCCC(=O)OC[C@H](CO)OC(=O)CCCCCCCCCCCCC(C)CC. The van der Waals surface area contributed by atoms with Gasteiger partial charge in [0.25, 0.3) is 0 Å². The summed E-state index contributed by atoms with van der Waals surface area (Å²) in [7, 11) is 0. The molecule has 0 aromatic rings. The van der Waals surface area contributed by atoms with E-state index in [9.17, 15) is 29.7 Å². The molecule has 6 atom stereocenters. The van der Waals surface area contributed by atoms with Gasteiger partial charge in [0.15, 0.2) is 6.10 Å². The van der Waals surface area contributed by atoms with Crippen LogP contribution in [0.1, 0.15) is 175 Å². The van der Waals surface area contributed by atoms with Gasteiger partial charge in [-0.2, -0.15) is 0 Å². The van der Waals surface area contributed by atoms with E-state index in [-0.39, 0.29) is 55.6 Å². The average molecular weight is 681 g/mol. The summed E-state index contributed by atoms with van der Waals surface area (Å²) in [5.41, 5.74) is 0. The Morgan fingerprint density at radius 2 is 1.38 bits per heavy atom. The Kier molecular flexibility index (Phi) is 26.7. The molecule has 0 spiro atoms. The fraction of sp³-hybridized carbons (Fsp3) is 0.875. The molecule has 1 aliphatic carbocycles. The Bertz CT molecular complexity index is 858. The molecule has 8 heteroatoms. The molecule has 0 heterocycles. The summed E-state index contributed by atoms with van der Waals surface area (Å²) < 4.78 is 10.6. The fourth-order valence-electron chi connectivity index (χ4n) is 6.55. The van der Waals surface area contributed by atoms with Gasteiger partial charge in [0.2, 0.25) is 0 Å². The second-order valence-corrected chi connectivity index (χ2v) is 14.4. The molecular weight excluding hydrogens is 608 g/mol. The zero-order valence-electron chi connectivity index (χ0n) is 30.9. The van der Waals surface area contributed by atoms with Crippen molar-refractivity contribution in [1.82, 2.24) is 0 Å². The number of carbonyl (C=O) groups excluding carboxylic acids is 3. The summed E-state index contributed by atoms with van der Waals surface area (Å²) in [5.74, 6) is -0.324. The van der Waals surface area contributed by atoms with Crippen LogP contribution in [0.3, 0.4) is 0 Å². The zero-order valence-corrected chi connectivity index (χ0v) is 30.9. The molecule has 48 heavy (non-hydrogen) atoms. The maximum Gasteiger partial charge on any atom is 0.306 e. The maximum atomic E-state index is 12.4. The summed E-state index contributed by atoms with van der Waals surface area (Å²) in [6, 6.07) is 0. The summed E-state index contributed by atoms with van der Waals surface area (Å²) in [6.07, 6.45) is 24.5. The van der Waals surface area contributed by atoms with Crippen LogP contribution in [0.15, 0.2) is 12.2 Å². The third-order valence-electron chi connectivity index (χ3n) is 10.0. The predicted molar refractivity (Wildman–Crippen MR) is 192 cm³/mol. The molecule has 0 aliphatic heterocycles. The van der Waals surface area contributed by atoms with E-state index in [1.807, 2.05) is 0 Å². The molecule has 1 aliphatic rings. The summed E-state index contributed by atoms with van der Waals surface area (Å²) in [5, 5.41) is 30.2. The van der Waals surface area contributed by atoms with Crippen LogP contribution in [0.2, 0.25) is 0 Å². The lowest BCUT2D eigenvalue weighted by molar-refractivity contribution is -0.161. The molecular formula is C40H72O8. The largest absolute Gasteiger partial charge is 0.462 e. The van der Waals surface area contributed by atoms with Crippen LogP contribution >= 0.6 is 0 Å². The molecule has 0 aromatic carbocycles. The molecule has 1 unspecified atom stereocenters. The van der Waals surface area contributed by atoms with Crippen LogP contribution in [0, 0.1) is 17.8 Å². The minimum Gasteiger partial charge on any atom is -0.462 e. The fourth-order valence-corrected chi connectivity index (χ4v) is 6.55. The minimum absolute atomic E-state index is 0.0357. The minimum atomic E-state index is -0.841. The van der Waals surface area contributed by atoms with E-state index >= 15 is 0 Å². The highest BCUT2D eigenvalue weighted by atomic mass is 16.6. The van der Waals surface area contributed by atoms with Gasteiger partial charge in [-0.25, -0.2) is 0 Å². The standard InChI is InChI=1S/C40H72O8/c1-4-6-17-23-33(42)27-28-36-35(37(43)29-38(36)44)24-19-15-16-20-25-39(45)47-31-34(30-41)48-40(46)26-21-14-12-10-8-7-9-11-13-18-22-32(3)5-2/h27-28,32-37,41-43H,4-26,29-31H2,1-3H3/b28-27+/t32?,33-,34-,35+,36+,37-/m0/s1. The Morgan fingerprint density at radius 1 is 0.812 bits per heavy atom. The second kappa shape index (κ2) is 29.0. The van der Waals surface area contributed by atoms with Crippen LogP contribution < -0.4 is 0 Å². The number of esters is 2. The first-order chi connectivity index (χ1) is 23.2. The number of allylic oxidation sites excluding steroid dienone is 1. The van der Waals surface area contributed by atoms with Crippen molar-refractivity contribution < 1.29 is 39.2 Å². The van der Waals surface area contributed by atoms with Crippen molar-refractivity contribution >= 4 is 17.7 Å². The van der Waals surface area contributed by atoms with E-state index in [2.05, 4.69) is 20.8 Å². The van der Waals surface area contributed by atoms with Gasteiger partial charge in [-0.3, -0.25) is 14.4 Å². The Balaban J connectivity index is 2.09. The molecule has 0 saturated heterocycles. The number of carbonyl (C=O) groups is 3. The monoisotopic (exact) mass is 681 g/mol. The summed E-state index contributed by atoms with van der Waals surface area (Å²) >= 11 is 0. The molecule has 0 radical (unpaired) electrons. The molecule has 0 aromatic heterocycles. The maximum absolute atomic E-state index is 12.4. The first-order valence-electron chi connectivity index (χ1n) is 19.7. The van der Waals surface area contributed by atoms with Gasteiger partial charge >= 0.3 is 11.9 Å². The number of hydrogen-bond acceptors (Lipinski definition) is 8. The van der Waals surface area contributed by atoms with Crippen LogP contribution in [0.4, 0.5) is 0 Å². The topological polar surface area (TPSA) is 130 Å². The van der Waals surface area contributed by atoms with E-state index in [0.717, 1.165) is 70.1 Å². The van der Waals surface area contributed by atoms with Gasteiger partial charge in [0, 0.05) is 25.2 Å². The second-order valence-electron chi connectivity index (χ2n) is 14.4. The number of aliphatic hydroxyl groups excluding tert-OH is 3. The third kappa shape index (κ3) is 22.0. The van der Waals surface area contributed by atoms with Gasteiger partial charge < -0.3 is 24.8 Å². The van der Waals surface area contributed by atoms with Crippen molar-refractivity contribution in [2.75, 3.05) is 13.2 Å². The van der Waals surface area contributed by atoms with E-state index in [0.29, 0.717) is 19.3 Å². The van der Waals surface area contributed by atoms with E-state index < -0.39 is 18.3 Å². The molecule has 0 amide bonds. The van der Waals surface area contributed by atoms with Crippen LogP contribution in [-0.2, 0) is 23.9 Å². The highest BCUT2D eigenvalue weighted by Crippen LogP contribution is 2.34. The number of hydrogen-bond donors (Lipinski definition) is 3. The van der Waals surface area contributed by atoms with Gasteiger partial charge in [-0.15, -0.1) is 0 Å². The van der Waals surface area contributed by atoms with Crippen molar-refractivity contribution in [3.05, 3.63) is 12.2 Å². The van der Waals surface area contributed by atoms with Crippen molar-refractivity contribution in [2.45, 2.75) is 193 Å². The van der Waals surface area contributed by atoms with E-state index in [1.54, 1.807) is 12.2 Å². The van der Waals surface area contributed by atoms with Crippen molar-refractivity contribution in [2.24, 2.45) is 17.8 Å². The quantitative estimate of drug-likeness (QED) is 0.0377. The Morgan fingerprint density at radius 3 is 1.98 bits per heavy atom. The number of aliphatic hydroxyl groups is 3. The molecule has 1 rings (SSSR count). The summed E-state index contributed by atoms with van der Waals surface area (Å²) in [4.78, 5) is 36.8. The van der Waals surface area contributed by atoms with Crippen molar-refractivity contribution in [3.63, 3.8) is 0 Å². The highest BCUT2D eigenvalue weighted by Gasteiger charge is 2.39. The number of Topliss-reactive ketones (excluding diaryl/α,β-unsaturated/α-hetero) is 1. The van der Waals surface area contributed by atoms with Gasteiger partial charge in [-0.05, 0) is 37.5 Å². The lowest BCUT2D eigenvalue weighted by atomic mass is 9.88. The third-order valence-corrected chi connectivity index (χ3v) is 10.0. The lowest BCUT2D eigenvalue weighted by Crippen LogP contribution is -2.28. The zero-order chi connectivity index (χ0) is 35.4. The number of rotatable bonds is 31. The van der Waals surface area contributed by atoms with E-state index in [1.165, 1.54) is 57.8 Å². The highest BCUT2D eigenvalue weighted by molar-refractivity contribution is 5.86. The smallest absolute Gasteiger partial charge is 0.306 e. The molecule has 280 valence electrons. The molecule has 0 bridgehead atoms. The van der Waals surface area contributed by atoms with Gasteiger partial charge in [-0.1, -0.05) is 142 Å². The Labute approximate surface area is 292 Å². The molecule has 8 nitrogen and oxygen atoms in total. The average Bonchev–Trinajstić information content (AvgIpc) is 3.34. The summed E-state index contributed by atoms with van der Waals surface area (Å²) in [6.45, 7) is 6.19. The van der Waals surface area contributed by atoms with Gasteiger partial charge in [0.05, 0.1) is 18.8 Å². The number of unbranched alkanes of at least 4 members (excludes halogenated alkanes) is 14. The predicted octanol–water partition coefficient (Wildman–Crippen LogP) is 8.57. The van der Waals surface area contributed by atoms with Crippen LogP contribution in [-0.4, -0.2) is 64.6 Å². The number of ketones is 1. The van der Waals surface area contributed by atoms with Crippen LogP contribution in [0.25, 0.3) is 0 Å². The van der Waals surface area contributed by atoms with E-state index in [4.69, 9.17) is 9.47 Å². The van der Waals surface area contributed by atoms with Gasteiger partial charge in [0.1, 0.15) is 12.4 Å². The molecule has 1 fully saturated rings. The first-order valence-corrected chi connectivity index (χ1v) is 19.7. The van der Waals surface area contributed by atoms with Crippen molar-refractivity contribution in [1.29, 1.82) is 0 Å². The Hall–Kier alpha value is -1.77. The van der Waals surface area contributed by atoms with Crippen LogP contribution in [0.5, 0.6) is 0 Å². The molecule has 1 saturated carbocycles. The lowest BCUT2D eigenvalue weighted by Gasteiger charge is -2.19. The molecule has 3 N–H and O–H groups in total. The normalized spacial score (nSPS) is 19.9. The number of ether oxygens (including phenoxy) is 2. The first kappa shape index (κ1) is 44.3.